The number of piperidine rings is 1. The summed E-state index contributed by atoms with van der Waals surface area (Å²) in [5.41, 5.74) is 4.27. The molecule has 2 aromatic rings. The van der Waals surface area contributed by atoms with Crippen LogP contribution >= 0.6 is 0 Å². The van der Waals surface area contributed by atoms with Crippen molar-refractivity contribution >= 4 is 11.6 Å². The minimum atomic E-state index is 0.107. The van der Waals surface area contributed by atoms with Gasteiger partial charge in [-0.3, -0.25) is 9.48 Å². The third kappa shape index (κ3) is 5.02. The van der Waals surface area contributed by atoms with E-state index in [4.69, 9.17) is 4.74 Å². The van der Waals surface area contributed by atoms with E-state index in [0.717, 1.165) is 50.3 Å². The molecule has 1 aromatic carbocycles. The predicted octanol–water partition coefficient (Wildman–Crippen LogP) is 2.23. The molecule has 0 aliphatic carbocycles. The second-order valence-corrected chi connectivity index (χ2v) is 8.32. The smallest absolute Gasteiger partial charge is 0.254 e. The molecule has 4 rings (SSSR count). The monoisotopic (exact) mass is 411 g/mol. The van der Waals surface area contributed by atoms with Crippen LogP contribution < -0.4 is 10.2 Å². The van der Waals surface area contributed by atoms with Gasteiger partial charge in [0.15, 0.2) is 0 Å². The molecule has 162 valence electrons. The lowest BCUT2D eigenvalue weighted by Crippen LogP contribution is -2.43. The van der Waals surface area contributed by atoms with Gasteiger partial charge in [-0.2, -0.15) is 5.10 Å². The summed E-state index contributed by atoms with van der Waals surface area (Å²) in [5, 5.41) is 8.22. The first-order valence-corrected chi connectivity index (χ1v) is 11.1. The van der Waals surface area contributed by atoms with Crippen LogP contribution in [0.1, 0.15) is 34.6 Å². The number of ether oxygens (including phenoxy) is 1. The molecule has 2 aliphatic rings. The molecule has 1 aromatic heterocycles. The Morgan fingerprint density at radius 1 is 1.10 bits per heavy atom. The summed E-state index contributed by atoms with van der Waals surface area (Å²) in [4.78, 5) is 16.9. The highest BCUT2D eigenvalue weighted by Crippen LogP contribution is 2.21. The van der Waals surface area contributed by atoms with E-state index in [1.54, 1.807) is 0 Å². The summed E-state index contributed by atoms with van der Waals surface area (Å²) in [6.07, 6.45) is 2.26. The highest BCUT2D eigenvalue weighted by molar-refractivity contribution is 5.94. The molecule has 0 unspecified atom stereocenters. The van der Waals surface area contributed by atoms with Crippen molar-refractivity contribution in [1.29, 1.82) is 0 Å². The van der Waals surface area contributed by atoms with Gasteiger partial charge in [0.2, 0.25) is 0 Å². The lowest BCUT2D eigenvalue weighted by molar-refractivity contribution is 0.0303. The predicted molar refractivity (Wildman–Crippen MR) is 118 cm³/mol. The number of aromatic nitrogens is 2. The van der Waals surface area contributed by atoms with Gasteiger partial charge in [0, 0.05) is 55.7 Å². The van der Waals surface area contributed by atoms with Crippen LogP contribution in [0.2, 0.25) is 0 Å². The van der Waals surface area contributed by atoms with Crippen molar-refractivity contribution in [3.63, 3.8) is 0 Å². The summed E-state index contributed by atoms with van der Waals surface area (Å²) in [5.74, 6) is 0.107. The number of carbonyl (C=O) groups excluding carboxylic acids is 1. The molecule has 0 spiro atoms. The van der Waals surface area contributed by atoms with Gasteiger partial charge in [0.25, 0.3) is 5.91 Å². The molecule has 2 aliphatic heterocycles. The molecular weight excluding hydrogens is 378 g/mol. The SMILES string of the molecule is Cc1cc(C)n(CCNC2CCN(c3ccc(C(=O)N4CCOCC4)cc3)CC2)n1. The number of hydrogen-bond donors (Lipinski definition) is 1. The Bertz CT molecular complexity index is 834. The van der Waals surface area contributed by atoms with Crippen molar-refractivity contribution in [3.05, 3.63) is 47.3 Å². The van der Waals surface area contributed by atoms with E-state index in [-0.39, 0.29) is 5.91 Å². The standard InChI is InChI=1S/C23H33N5O2/c1-18-17-19(2)28(25-18)12-9-24-21-7-10-26(11-8-21)22-5-3-20(4-6-22)23(29)27-13-15-30-16-14-27/h3-6,17,21,24H,7-16H2,1-2H3. The minimum Gasteiger partial charge on any atom is -0.378 e. The number of aryl methyl sites for hydroxylation is 2. The number of carbonyl (C=O) groups is 1. The first-order valence-electron chi connectivity index (χ1n) is 11.1. The molecule has 0 atom stereocenters. The van der Waals surface area contributed by atoms with Crippen molar-refractivity contribution in [2.24, 2.45) is 0 Å². The highest BCUT2D eigenvalue weighted by atomic mass is 16.5. The molecule has 1 N–H and O–H groups in total. The van der Waals surface area contributed by atoms with Crippen LogP contribution in [0.25, 0.3) is 0 Å². The molecule has 0 bridgehead atoms. The summed E-state index contributed by atoms with van der Waals surface area (Å²) in [6.45, 7) is 10.7. The molecule has 0 radical (unpaired) electrons. The van der Waals surface area contributed by atoms with Crippen molar-refractivity contribution in [2.75, 3.05) is 50.8 Å². The molecule has 2 saturated heterocycles. The van der Waals surface area contributed by atoms with Gasteiger partial charge in [-0.1, -0.05) is 0 Å². The topological polar surface area (TPSA) is 62.6 Å². The van der Waals surface area contributed by atoms with E-state index in [0.29, 0.717) is 32.3 Å². The van der Waals surface area contributed by atoms with Crippen molar-refractivity contribution in [1.82, 2.24) is 20.0 Å². The van der Waals surface area contributed by atoms with Gasteiger partial charge in [-0.05, 0) is 57.0 Å². The first kappa shape index (κ1) is 20.9. The summed E-state index contributed by atoms with van der Waals surface area (Å²) < 4.78 is 7.42. The lowest BCUT2D eigenvalue weighted by Gasteiger charge is -2.34. The Labute approximate surface area is 179 Å². The van der Waals surface area contributed by atoms with E-state index in [1.165, 1.54) is 11.4 Å². The normalized spacial score (nSPS) is 18.1. The Hall–Kier alpha value is -2.38. The zero-order valence-electron chi connectivity index (χ0n) is 18.1. The van der Waals surface area contributed by atoms with Crippen LogP contribution in [0, 0.1) is 13.8 Å². The molecule has 0 saturated carbocycles. The molecule has 30 heavy (non-hydrogen) atoms. The van der Waals surface area contributed by atoms with Crippen LogP contribution in [0.4, 0.5) is 5.69 Å². The number of hydrogen-bond acceptors (Lipinski definition) is 5. The molecular formula is C23H33N5O2. The van der Waals surface area contributed by atoms with E-state index >= 15 is 0 Å². The van der Waals surface area contributed by atoms with Gasteiger partial charge >= 0.3 is 0 Å². The Morgan fingerprint density at radius 2 is 1.80 bits per heavy atom. The number of morpholine rings is 1. The Morgan fingerprint density at radius 3 is 2.43 bits per heavy atom. The zero-order valence-corrected chi connectivity index (χ0v) is 18.1. The number of nitrogens with zero attached hydrogens (tertiary/aromatic N) is 4. The summed E-state index contributed by atoms with van der Waals surface area (Å²) in [7, 11) is 0. The zero-order chi connectivity index (χ0) is 20.9. The van der Waals surface area contributed by atoms with Gasteiger partial charge in [0.1, 0.15) is 0 Å². The summed E-state index contributed by atoms with van der Waals surface area (Å²) >= 11 is 0. The quantitative estimate of drug-likeness (QED) is 0.790. The van der Waals surface area contributed by atoms with Gasteiger partial charge in [-0.25, -0.2) is 0 Å². The van der Waals surface area contributed by atoms with E-state index < -0.39 is 0 Å². The third-order valence-electron chi connectivity index (χ3n) is 6.13. The van der Waals surface area contributed by atoms with E-state index in [1.807, 2.05) is 24.0 Å². The average Bonchev–Trinajstić information content (AvgIpc) is 3.11. The van der Waals surface area contributed by atoms with Crippen molar-refractivity contribution < 1.29 is 9.53 Å². The van der Waals surface area contributed by atoms with Gasteiger partial charge in [-0.15, -0.1) is 0 Å². The van der Waals surface area contributed by atoms with E-state index in [2.05, 4.69) is 45.1 Å². The number of anilines is 1. The van der Waals surface area contributed by atoms with Crippen molar-refractivity contribution in [2.45, 2.75) is 39.3 Å². The maximum Gasteiger partial charge on any atom is 0.254 e. The minimum absolute atomic E-state index is 0.107. The van der Waals surface area contributed by atoms with Crippen molar-refractivity contribution in [3.8, 4) is 0 Å². The Kier molecular flexibility index (Phi) is 6.69. The molecule has 2 fully saturated rings. The number of benzene rings is 1. The number of nitrogens with one attached hydrogen (secondary N) is 1. The maximum atomic E-state index is 12.6. The average molecular weight is 412 g/mol. The van der Waals surface area contributed by atoms with Crippen LogP contribution in [0.15, 0.2) is 30.3 Å². The molecule has 3 heterocycles. The van der Waals surface area contributed by atoms with Gasteiger partial charge < -0.3 is 19.9 Å². The van der Waals surface area contributed by atoms with Crippen LogP contribution in [-0.2, 0) is 11.3 Å². The fraction of sp³-hybridized carbons (Fsp3) is 0.565. The van der Waals surface area contributed by atoms with Crippen LogP contribution in [0.5, 0.6) is 0 Å². The molecule has 7 heteroatoms. The number of amides is 1. The largest absolute Gasteiger partial charge is 0.378 e. The lowest BCUT2D eigenvalue weighted by atomic mass is 10.0. The fourth-order valence-corrected chi connectivity index (χ4v) is 4.38. The van der Waals surface area contributed by atoms with E-state index in [9.17, 15) is 4.79 Å². The van der Waals surface area contributed by atoms with Crippen LogP contribution in [0.3, 0.4) is 0 Å². The number of rotatable bonds is 6. The first-order chi connectivity index (χ1) is 14.6. The fourth-order valence-electron chi connectivity index (χ4n) is 4.38. The summed E-state index contributed by atoms with van der Waals surface area (Å²) in [6, 6.07) is 10.8. The third-order valence-corrected chi connectivity index (χ3v) is 6.13. The van der Waals surface area contributed by atoms with Gasteiger partial charge in [0.05, 0.1) is 25.5 Å². The molecule has 1 amide bonds. The second-order valence-electron chi connectivity index (χ2n) is 8.32. The Balaban J connectivity index is 1.22. The van der Waals surface area contributed by atoms with Crippen LogP contribution in [-0.4, -0.2) is 72.6 Å². The molecule has 7 nitrogen and oxygen atoms in total. The highest BCUT2D eigenvalue weighted by Gasteiger charge is 2.21. The second kappa shape index (κ2) is 9.62. The maximum absolute atomic E-state index is 12.6.